The maximum absolute atomic E-state index is 13.1. The van der Waals surface area contributed by atoms with Crippen molar-refractivity contribution in [3.8, 4) is 0 Å². The second-order valence-corrected chi connectivity index (χ2v) is 20.1. The van der Waals surface area contributed by atoms with E-state index in [1.165, 1.54) is 122 Å². The van der Waals surface area contributed by atoms with Gasteiger partial charge in [-0.1, -0.05) is 173 Å². The van der Waals surface area contributed by atoms with Gasteiger partial charge in [0.25, 0.3) is 0 Å². The van der Waals surface area contributed by atoms with Gasteiger partial charge in [-0.3, -0.25) is 9.59 Å². The second kappa shape index (κ2) is 43.2. The van der Waals surface area contributed by atoms with E-state index in [2.05, 4.69) is 38.2 Å². The summed E-state index contributed by atoms with van der Waals surface area (Å²) in [5.41, 5.74) is 0. The molecule has 7 N–H and O–H groups in total. The molecule has 11 unspecified atom stereocenters. The Morgan fingerprint density at radius 3 is 1.24 bits per heavy atom. The number of hydrogen-bond donors (Lipinski definition) is 7. The fourth-order valence-corrected chi connectivity index (χ4v) is 8.97. The fourth-order valence-electron chi connectivity index (χ4n) is 8.97. The molecular formula is C56H102O15. The maximum atomic E-state index is 13.1. The average molecular weight is 1020 g/mol. The molecule has 71 heavy (non-hydrogen) atoms. The molecule has 0 aromatic heterocycles. The molecule has 0 aliphatic carbocycles. The van der Waals surface area contributed by atoms with Crippen molar-refractivity contribution >= 4 is 11.9 Å². The van der Waals surface area contributed by atoms with Crippen LogP contribution in [0.4, 0.5) is 0 Å². The van der Waals surface area contributed by atoms with E-state index in [1.807, 2.05) is 0 Å². The van der Waals surface area contributed by atoms with Gasteiger partial charge in [0.15, 0.2) is 18.7 Å². The van der Waals surface area contributed by atoms with Crippen LogP contribution in [0.25, 0.3) is 0 Å². The zero-order chi connectivity index (χ0) is 51.7. The summed E-state index contributed by atoms with van der Waals surface area (Å²) in [6.07, 6.45) is 29.1. The summed E-state index contributed by atoms with van der Waals surface area (Å²) in [4.78, 5) is 25.9. The Labute approximate surface area is 428 Å². The van der Waals surface area contributed by atoms with E-state index in [4.69, 9.17) is 28.4 Å². The Balaban J connectivity index is 1.77. The number of unbranched alkanes of at least 4 members (excludes halogenated alkanes) is 27. The third kappa shape index (κ3) is 30.8. The number of hydrogen-bond acceptors (Lipinski definition) is 15. The molecule has 2 aliphatic heterocycles. The third-order valence-corrected chi connectivity index (χ3v) is 13.7. The number of allylic oxidation sites excluding steroid dienone is 4. The topological polar surface area (TPSA) is 231 Å². The summed E-state index contributed by atoms with van der Waals surface area (Å²) in [6, 6.07) is 0. The van der Waals surface area contributed by atoms with Crippen LogP contribution in [0, 0.1) is 0 Å². The monoisotopic (exact) mass is 1010 g/mol. The number of aliphatic hydroxyl groups is 7. The molecule has 2 fully saturated rings. The zero-order valence-corrected chi connectivity index (χ0v) is 44.2. The molecule has 15 nitrogen and oxygen atoms in total. The number of aliphatic hydroxyl groups excluding tert-OH is 7. The van der Waals surface area contributed by atoms with Crippen molar-refractivity contribution < 1.29 is 73.8 Å². The van der Waals surface area contributed by atoms with Crippen molar-refractivity contribution in [2.75, 3.05) is 26.4 Å². The van der Waals surface area contributed by atoms with E-state index in [9.17, 15) is 45.3 Å². The number of carbonyl (C=O) groups is 2. The van der Waals surface area contributed by atoms with Gasteiger partial charge in [-0.15, -0.1) is 0 Å². The van der Waals surface area contributed by atoms with Crippen molar-refractivity contribution in [1.29, 1.82) is 0 Å². The predicted octanol–water partition coefficient (Wildman–Crippen LogP) is 9.11. The van der Waals surface area contributed by atoms with E-state index in [1.54, 1.807) is 0 Å². The zero-order valence-electron chi connectivity index (χ0n) is 44.2. The smallest absolute Gasteiger partial charge is 0.306 e. The summed E-state index contributed by atoms with van der Waals surface area (Å²) in [5, 5.41) is 72.2. The van der Waals surface area contributed by atoms with E-state index in [-0.39, 0.29) is 26.1 Å². The average Bonchev–Trinajstić information content (AvgIpc) is 3.36. The van der Waals surface area contributed by atoms with Crippen LogP contribution < -0.4 is 0 Å². The third-order valence-electron chi connectivity index (χ3n) is 13.7. The number of rotatable bonds is 45. The Hall–Kier alpha value is -2.02. The lowest BCUT2D eigenvalue weighted by molar-refractivity contribution is -0.332. The number of ether oxygens (including phenoxy) is 6. The molecular weight excluding hydrogens is 913 g/mol. The maximum Gasteiger partial charge on any atom is 0.306 e. The van der Waals surface area contributed by atoms with Gasteiger partial charge in [-0.25, -0.2) is 0 Å². The van der Waals surface area contributed by atoms with Crippen LogP contribution in [0.1, 0.15) is 226 Å². The van der Waals surface area contributed by atoms with E-state index >= 15 is 0 Å². The molecule has 2 heterocycles. The molecule has 15 heteroatoms. The first-order valence-corrected chi connectivity index (χ1v) is 28.4. The van der Waals surface area contributed by atoms with Crippen LogP contribution in [0.5, 0.6) is 0 Å². The summed E-state index contributed by atoms with van der Waals surface area (Å²) >= 11 is 0. The first kappa shape index (κ1) is 65.1. The van der Waals surface area contributed by atoms with Crippen molar-refractivity contribution in [3.63, 3.8) is 0 Å². The molecule has 416 valence electrons. The van der Waals surface area contributed by atoms with Gasteiger partial charge in [0, 0.05) is 12.8 Å². The van der Waals surface area contributed by atoms with Crippen molar-refractivity contribution in [2.45, 2.75) is 293 Å². The minimum atomic E-state index is -1.76. The van der Waals surface area contributed by atoms with Gasteiger partial charge in [0.2, 0.25) is 0 Å². The van der Waals surface area contributed by atoms with Gasteiger partial charge >= 0.3 is 11.9 Å². The Morgan fingerprint density at radius 2 is 0.803 bits per heavy atom. The number of esters is 2. The molecule has 0 aromatic carbocycles. The Bertz CT molecular complexity index is 1330. The lowest BCUT2D eigenvalue weighted by atomic mass is 9.98. The molecule has 2 rings (SSSR count). The standard InChI is InChI=1S/C56H102O15/c1-3-5-7-9-11-13-15-17-19-21-22-23-25-27-29-31-33-35-37-39-48(59)69-44(41-66-47(58)38-36-34-32-30-28-26-24-20-18-16-14-12-10-8-6-4-2)42-67-55-54(65)52(63)50(61)46(71-55)43-68-56-53(64)51(62)49(60)45(40-57)70-56/h17,19-20,24,44-46,49-57,60-65H,3-16,18,21-23,25-43H2,1-2H3/b19-17-,24-20-. The minimum Gasteiger partial charge on any atom is -0.462 e. The van der Waals surface area contributed by atoms with Crippen LogP contribution in [0.15, 0.2) is 24.3 Å². The Morgan fingerprint density at radius 1 is 0.437 bits per heavy atom. The first-order valence-electron chi connectivity index (χ1n) is 28.4. The summed E-state index contributed by atoms with van der Waals surface area (Å²) in [6.45, 7) is 2.60. The molecule has 2 aliphatic rings. The van der Waals surface area contributed by atoms with Crippen LogP contribution in [0.2, 0.25) is 0 Å². The van der Waals surface area contributed by atoms with E-state index in [0.717, 1.165) is 64.2 Å². The van der Waals surface area contributed by atoms with Gasteiger partial charge in [-0.2, -0.15) is 0 Å². The quantitative estimate of drug-likeness (QED) is 0.0171. The van der Waals surface area contributed by atoms with Crippen molar-refractivity contribution in [3.05, 3.63) is 24.3 Å². The molecule has 2 saturated heterocycles. The number of carbonyl (C=O) groups excluding carboxylic acids is 2. The normalized spacial score (nSPS) is 25.3. The first-order chi connectivity index (χ1) is 34.5. The molecule has 0 amide bonds. The largest absolute Gasteiger partial charge is 0.462 e. The summed E-state index contributed by atoms with van der Waals surface area (Å²) < 4.78 is 33.7. The van der Waals surface area contributed by atoms with Crippen LogP contribution in [0.3, 0.4) is 0 Å². The molecule has 0 saturated carbocycles. The molecule has 11 atom stereocenters. The van der Waals surface area contributed by atoms with Gasteiger partial charge < -0.3 is 64.2 Å². The fraction of sp³-hybridized carbons (Fsp3) is 0.893. The van der Waals surface area contributed by atoms with E-state index < -0.39 is 92.7 Å². The van der Waals surface area contributed by atoms with Gasteiger partial charge in [0.05, 0.1) is 19.8 Å². The minimum absolute atomic E-state index is 0.163. The van der Waals surface area contributed by atoms with Gasteiger partial charge in [0.1, 0.15) is 55.4 Å². The highest BCUT2D eigenvalue weighted by Crippen LogP contribution is 2.27. The highest BCUT2D eigenvalue weighted by Gasteiger charge is 2.47. The SMILES string of the molecule is CCCCCCCC/C=C\CCCCCCCCCCCC(=O)OC(COC(=O)CCCCCCC/C=C\CCCCCCCCC)COC1OC(COC2OC(CO)C(O)C(O)C2O)C(O)C(O)C1O. The molecule has 0 bridgehead atoms. The summed E-state index contributed by atoms with van der Waals surface area (Å²) in [5.74, 6) is -0.928. The van der Waals surface area contributed by atoms with Crippen LogP contribution in [-0.2, 0) is 38.0 Å². The van der Waals surface area contributed by atoms with Crippen molar-refractivity contribution in [1.82, 2.24) is 0 Å². The highest BCUT2D eigenvalue weighted by atomic mass is 16.7. The molecule has 0 radical (unpaired) electrons. The van der Waals surface area contributed by atoms with E-state index in [0.29, 0.717) is 12.8 Å². The van der Waals surface area contributed by atoms with Crippen LogP contribution >= 0.6 is 0 Å². The molecule has 0 aromatic rings. The van der Waals surface area contributed by atoms with Crippen molar-refractivity contribution in [2.24, 2.45) is 0 Å². The highest BCUT2D eigenvalue weighted by molar-refractivity contribution is 5.70. The summed E-state index contributed by atoms with van der Waals surface area (Å²) in [7, 11) is 0. The van der Waals surface area contributed by atoms with Gasteiger partial charge in [-0.05, 0) is 64.2 Å². The predicted molar refractivity (Wildman–Crippen MR) is 275 cm³/mol. The Kier molecular flexibility index (Phi) is 39.6. The lowest BCUT2D eigenvalue weighted by Crippen LogP contribution is -2.61. The second-order valence-electron chi connectivity index (χ2n) is 20.1. The lowest BCUT2D eigenvalue weighted by Gasteiger charge is -2.42. The molecule has 0 spiro atoms. The van der Waals surface area contributed by atoms with Crippen LogP contribution in [-0.4, -0.2) is 142 Å².